The van der Waals surface area contributed by atoms with E-state index in [0.717, 1.165) is 30.1 Å². The molecule has 0 saturated heterocycles. The Hall–Kier alpha value is -2.67. The summed E-state index contributed by atoms with van der Waals surface area (Å²) in [5, 5.41) is 8.64. The average Bonchev–Trinajstić information content (AvgIpc) is 3.20. The molecule has 0 spiro atoms. The smallest absolute Gasteiger partial charge is 0.283 e. The van der Waals surface area contributed by atoms with Gasteiger partial charge in [-0.1, -0.05) is 23.8 Å². The average molecular weight is 510 g/mol. The SMILES string of the molecule is CN1CCc2nc(C(=O)NC(CNC(=S)C(=O)Nc3ccc(Cl)nc3)C(=O)N(C)C)sc2C1. The number of amides is 3. The highest BCUT2D eigenvalue weighted by atomic mass is 35.5. The molecule has 0 fully saturated rings. The van der Waals surface area contributed by atoms with Crippen LogP contribution in [-0.4, -0.2) is 82.8 Å². The Kier molecular flexibility index (Phi) is 8.30. The predicted molar refractivity (Wildman–Crippen MR) is 131 cm³/mol. The molecule has 0 aromatic carbocycles. The zero-order chi connectivity index (χ0) is 24.1. The third-order valence-corrected chi connectivity index (χ3v) is 6.45. The summed E-state index contributed by atoms with van der Waals surface area (Å²) in [6.45, 7) is 1.56. The van der Waals surface area contributed by atoms with Crippen LogP contribution in [0.3, 0.4) is 0 Å². The van der Waals surface area contributed by atoms with Gasteiger partial charge in [0, 0.05) is 45.0 Å². The second kappa shape index (κ2) is 11.0. The zero-order valence-electron chi connectivity index (χ0n) is 18.3. The van der Waals surface area contributed by atoms with Gasteiger partial charge >= 0.3 is 0 Å². The van der Waals surface area contributed by atoms with Gasteiger partial charge in [0.25, 0.3) is 11.8 Å². The Bertz CT molecular complexity index is 1060. The van der Waals surface area contributed by atoms with Crippen molar-refractivity contribution in [3.8, 4) is 0 Å². The van der Waals surface area contributed by atoms with Crippen LogP contribution in [0, 0.1) is 0 Å². The fourth-order valence-corrected chi connectivity index (χ4v) is 4.40. The molecule has 13 heteroatoms. The van der Waals surface area contributed by atoms with E-state index in [0.29, 0.717) is 15.8 Å². The van der Waals surface area contributed by atoms with E-state index in [-0.39, 0.29) is 17.4 Å². The minimum Gasteiger partial charge on any atom is -0.369 e. The highest BCUT2D eigenvalue weighted by molar-refractivity contribution is 7.82. The maximum absolute atomic E-state index is 12.8. The second-order valence-corrected chi connectivity index (χ2v) is 9.55. The summed E-state index contributed by atoms with van der Waals surface area (Å²) in [5.41, 5.74) is 1.34. The van der Waals surface area contributed by atoms with Crippen LogP contribution in [0.1, 0.15) is 20.4 Å². The molecule has 3 N–H and O–H groups in total. The molecule has 1 aliphatic heterocycles. The van der Waals surface area contributed by atoms with Crippen molar-refractivity contribution in [2.45, 2.75) is 19.0 Å². The minimum absolute atomic E-state index is 0.0678. The van der Waals surface area contributed by atoms with Crippen molar-refractivity contribution >= 4 is 63.6 Å². The highest BCUT2D eigenvalue weighted by Crippen LogP contribution is 2.24. The third-order valence-electron chi connectivity index (χ3n) is 4.82. The molecular weight excluding hydrogens is 486 g/mol. The number of thiazole rings is 1. The third kappa shape index (κ3) is 6.67. The largest absolute Gasteiger partial charge is 0.369 e. The van der Waals surface area contributed by atoms with Gasteiger partial charge in [0.2, 0.25) is 5.91 Å². The molecule has 1 unspecified atom stereocenters. The first-order valence-electron chi connectivity index (χ1n) is 10.0. The van der Waals surface area contributed by atoms with E-state index < -0.39 is 17.9 Å². The number of hydrogen-bond acceptors (Lipinski definition) is 8. The quantitative estimate of drug-likeness (QED) is 0.388. The van der Waals surface area contributed by atoms with Crippen LogP contribution in [0.25, 0.3) is 0 Å². The highest BCUT2D eigenvalue weighted by Gasteiger charge is 2.27. The number of aromatic nitrogens is 2. The van der Waals surface area contributed by atoms with E-state index >= 15 is 0 Å². The maximum atomic E-state index is 12.8. The number of halogens is 1. The minimum atomic E-state index is -0.945. The van der Waals surface area contributed by atoms with Crippen LogP contribution >= 0.6 is 35.2 Å². The van der Waals surface area contributed by atoms with E-state index in [1.54, 1.807) is 20.2 Å². The number of fused-ring (bicyclic) bond motifs is 1. The number of nitrogens with zero attached hydrogens (tertiary/aromatic N) is 4. The van der Waals surface area contributed by atoms with E-state index in [9.17, 15) is 14.4 Å². The summed E-state index contributed by atoms with van der Waals surface area (Å²) in [7, 11) is 5.18. The van der Waals surface area contributed by atoms with Gasteiger partial charge in [0.1, 0.15) is 11.2 Å². The molecule has 0 bridgehead atoms. The molecule has 176 valence electrons. The van der Waals surface area contributed by atoms with Crippen molar-refractivity contribution in [2.75, 3.05) is 39.5 Å². The second-order valence-electron chi connectivity index (χ2n) is 7.67. The van der Waals surface area contributed by atoms with Gasteiger partial charge < -0.3 is 25.8 Å². The van der Waals surface area contributed by atoms with Crippen molar-refractivity contribution in [2.24, 2.45) is 0 Å². The molecule has 3 rings (SSSR count). The lowest BCUT2D eigenvalue weighted by Crippen LogP contribution is -2.53. The molecule has 2 aromatic heterocycles. The van der Waals surface area contributed by atoms with Gasteiger partial charge in [-0.25, -0.2) is 9.97 Å². The number of carbonyl (C=O) groups is 3. The van der Waals surface area contributed by atoms with Crippen molar-refractivity contribution in [3.63, 3.8) is 0 Å². The first-order valence-corrected chi connectivity index (χ1v) is 11.6. The summed E-state index contributed by atoms with van der Waals surface area (Å²) in [5.74, 6) is -1.36. The number of carbonyl (C=O) groups excluding carboxylic acids is 3. The number of thiocarbonyl (C=S) groups is 1. The lowest BCUT2D eigenvalue weighted by Gasteiger charge is -2.22. The standard InChI is InChI=1S/C20H24ClN7O3S2/c1-27(2)20(31)13(9-23-18(32)16(29)24-11-4-5-15(21)22-8-11)25-17(30)19-26-12-6-7-28(3)10-14(12)33-19/h4-5,8,13H,6-7,9-10H2,1-3H3,(H,23,32)(H,24,29)(H,25,30). The molecular formula is C20H24ClN7O3S2. The van der Waals surface area contributed by atoms with Crippen LogP contribution in [0.2, 0.25) is 5.15 Å². The number of rotatable bonds is 6. The molecule has 3 heterocycles. The number of hydrogen-bond donors (Lipinski definition) is 3. The zero-order valence-corrected chi connectivity index (χ0v) is 20.7. The van der Waals surface area contributed by atoms with Gasteiger partial charge in [-0.15, -0.1) is 11.3 Å². The summed E-state index contributed by atoms with van der Waals surface area (Å²) in [6.07, 6.45) is 2.18. The molecule has 0 saturated carbocycles. The number of pyridine rings is 1. The molecule has 0 aliphatic carbocycles. The topological polar surface area (TPSA) is 120 Å². The van der Waals surface area contributed by atoms with Gasteiger partial charge in [-0.05, 0) is 19.2 Å². The Balaban J connectivity index is 1.62. The predicted octanol–water partition coefficient (Wildman–Crippen LogP) is 0.922. The summed E-state index contributed by atoms with van der Waals surface area (Å²) in [6, 6.07) is 2.17. The monoisotopic (exact) mass is 509 g/mol. The van der Waals surface area contributed by atoms with Gasteiger partial charge in [-0.3, -0.25) is 14.4 Å². The molecule has 33 heavy (non-hydrogen) atoms. The van der Waals surface area contributed by atoms with E-state index in [1.165, 1.54) is 28.5 Å². The van der Waals surface area contributed by atoms with E-state index in [4.69, 9.17) is 23.8 Å². The Labute approximate surface area is 205 Å². The Morgan fingerprint density at radius 2 is 2.09 bits per heavy atom. The van der Waals surface area contributed by atoms with Crippen LogP contribution in [-0.2, 0) is 22.6 Å². The van der Waals surface area contributed by atoms with Crippen LogP contribution in [0.5, 0.6) is 0 Å². The number of anilines is 1. The van der Waals surface area contributed by atoms with E-state index in [2.05, 4.69) is 30.8 Å². The molecule has 1 aliphatic rings. The summed E-state index contributed by atoms with van der Waals surface area (Å²) >= 11 is 12.2. The van der Waals surface area contributed by atoms with Crippen LogP contribution < -0.4 is 16.0 Å². The summed E-state index contributed by atoms with van der Waals surface area (Å²) < 4.78 is 0. The lowest BCUT2D eigenvalue weighted by atomic mass is 10.2. The number of likely N-dealkylation sites (N-methyl/N-ethyl adjacent to an activating group) is 2. The van der Waals surface area contributed by atoms with Crippen LogP contribution in [0.4, 0.5) is 5.69 Å². The molecule has 3 amide bonds. The fraction of sp³-hybridized carbons (Fsp3) is 0.400. The van der Waals surface area contributed by atoms with Crippen molar-refractivity contribution in [1.82, 2.24) is 30.4 Å². The normalized spacial score (nSPS) is 14.1. The first kappa shape index (κ1) is 25.0. The van der Waals surface area contributed by atoms with Gasteiger partial charge in [-0.2, -0.15) is 0 Å². The molecule has 1 atom stereocenters. The Morgan fingerprint density at radius 3 is 2.76 bits per heavy atom. The van der Waals surface area contributed by atoms with Crippen molar-refractivity contribution in [1.29, 1.82) is 0 Å². The maximum Gasteiger partial charge on any atom is 0.283 e. The summed E-state index contributed by atoms with van der Waals surface area (Å²) in [4.78, 5) is 50.6. The van der Waals surface area contributed by atoms with Crippen molar-refractivity contribution < 1.29 is 14.4 Å². The van der Waals surface area contributed by atoms with E-state index in [1.807, 2.05) is 7.05 Å². The van der Waals surface area contributed by atoms with Crippen molar-refractivity contribution in [3.05, 3.63) is 39.1 Å². The first-order chi connectivity index (χ1) is 15.6. The molecule has 10 nitrogen and oxygen atoms in total. The lowest BCUT2D eigenvalue weighted by molar-refractivity contribution is -0.130. The fourth-order valence-electron chi connectivity index (χ4n) is 3.06. The molecule has 0 radical (unpaired) electrons. The number of nitrogens with one attached hydrogen (secondary N) is 3. The Morgan fingerprint density at radius 1 is 1.33 bits per heavy atom. The van der Waals surface area contributed by atoms with Crippen LogP contribution in [0.15, 0.2) is 18.3 Å². The molecule has 2 aromatic rings. The van der Waals surface area contributed by atoms with Gasteiger partial charge in [0.15, 0.2) is 10.00 Å². The van der Waals surface area contributed by atoms with Gasteiger partial charge in [0.05, 0.1) is 17.6 Å².